The van der Waals surface area contributed by atoms with E-state index in [1.54, 1.807) is 20.8 Å². The van der Waals surface area contributed by atoms with Crippen LogP contribution in [0.4, 0.5) is 0 Å². The van der Waals surface area contributed by atoms with Gasteiger partial charge >= 0.3 is 11.9 Å². The van der Waals surface area contributed by atoms with Crippen LogP contribution in [0.5, 0.6) is 0 Å². The molecule has 0 bridgehead atoms. The van der Waals surface area contributed by atoms with E-state index in [1.807, 2.05) is 0 Å². The van der Waals surface area contributed by atoms with Crippen molar-refractivity contribution in [1.29, 1.82) is 0 Å². The second-order valence-electron chi connectivity index (χ2n) is 7.90. The summed E-state index contributed by atoms with van der Waals surface area (Å²) in [7, 11) is -3.96. The lowest BCUT2D eigenvalue weighted by molar-refractivity contribution is -0.168. The quantitative estimate of drug-likeness (QED) is 0.508. The summed E-state index contributed by atoms with van der Waals surface area (Å²) in [5, 5.41) is 0. The summed E-state index contributed by atoms with van der Waals surface area (Å²) in [5.41, 5.74) is -0.314. The second kappa shape index (κ2) is 9.04. The fourth-order valence-corrected chi connectivity index (χ4v) is 4.67. The summed E-state index contributed by atoms with van der Waals surface area (Å²) in [4.78, 5) is 35.7. The number of sulfonamides is 1. The van der Waals surface area contributed by atoms with Gasteiger partial charge < -0.3 is 9.47 Å². The summed E-state index contributed by atoms with van der Waals surface area (Å²) in [6, 6.07) is 4.57. The Balaban J connectivity index is 2.14. The number of rotatable bonds is 6. The Kier molecular flexibility index (Phi) is 7.18. The Morgan fingerprint density at radius 3 is 2.28 bits per heavy atom. The maximum Gasteiger partial charge on any atom is 0.344 e. The number of ether oxygens (including phenoxy) is 2. The summed E-state index contributed by atoms with van der Waals surface area (Å²) in [6.07, 6.45) is 1.58. The number of carbonyl (C=O) groups excluding carboxylic acids is 3. The van der Waals surface area contributed by atoms with Crippen molar-refractivity contribution in [1.82, 2.24) is 4.31 Å². The van der Waals surface area contributed by atoms with Crippen LogP contribution in [0.3, 0.4) is 0 Å². The molecule has 1 aromatic rings. The largest absolute Gasteiger partial charge is 0.457 e. The molecule has 9 heteroatoms. The Hall–Kier alpha value is -2.26. The van der Waals surface area contributed by atoms with Gasteiger partial charge in [-0.3, -0.25) is 9.59 Å². The molecule has 1 aromatic carbocycles. The van der Waals surface area contributed by atoms with E-state index in [0.717, 1.165) is 4.31 Å². The van der Waals surface area contributed by atoms with Gasteiger partial charge in [-0.05, 0) is 59.1 Å². The van der Waals surface area contributed by atoms with Crippen molar-refractivity contribution < 1.29 is 32.3 Å². The van der Waals surface area contributed by atoms with Crippen LogP contribution in [0.15, 0.2) is 29.2 Å². The number of piperidine rings is 1. The lowest BCUT2D eigenvalue weighted by Gasteiger charge is -2.33. The average molecular weight is 426 g/mol. The van der Waals surface area contributed by atoms with Crippen LogP contribution in [0.25, 0.3) is 0 Å². The molecule has 0 N–H and O–H groups in total. The van der Waals surface area contributed by atoms with Crippen molar-refractivity contribution in [2.75, 3.05) is 13.2 Å². The van der Waals surface area contributed by atoms with E-state index in [-0.39, 0.29) is 17.2 Å². The van der Waals surface area contributed by atoms with Crippen LogP contribution in [0.1, 0.15) is 57.3 Å². The fourth-order valence-electron chi connectivity index (χ4n) is 3.02. The molecule has 0 aliphatic carbocycles. The van der Waals surface area contributed by atoms with Gasteiger partial charge in [-0.1, -0.05) is 12.1 Å². The van der Waals surface area contributed by atoms with Gasteiger partial charge in [-0.2, -0.15) is 4.31 Å². The zero-order valence-electron chi connectivity index (χ0n) is 17.1. The molecule has 1 saturated heterocycles. The highest BCUT2D eigenvalue weighted by atomic mass is 32.2. The number of hydrogen-bond acceptors (Lipinski definition) is 7. The van der Waals surface area contributed by atoms with Crippen LogP contribution >= 0.6 is 0 Å². The van der Waals surface area contributed by atoms with Gasteiger partial charge in [0.25, 0.3) is 0 Å². The van der Waals surface area contributed by atoms with Crippen LogP contribution in [-0.4, -0.2) is 55.2 Å². The molecule has 1 unspecified atom stereocenters. The second-order valence-corrected chi connectivity index (χ2v) is 9.79. The Labute approximate surface area is 171 Å². The molecule has 0 saturated carbocycles. The maximum atomic E-state index is 13.1. The number of Topliss-reactive ketones (excluding diaryl/α,β-unsaturated/α-hetero) is 1. The first-order chi connectivity index (χ1) is 13.4. The van der Waals surface area contributed by atoms with Crippen LogP contribution < -0.4 is 0 Å². The topological polar surface area (TPSA) is 107 Å². The first-order valence-corrected chi connectivity index (χ1v) is 10.9. The Morgan fingerprint density at radius 1 is 1.10 bits per heavy atom. The number of carbonyl (C=O) groups is 3. The first kappa shape index (κ1) is 23.0. The molecule has 8 nitrogen and oxygen atoms in total. The number of esters is 2. The number of hydrogen-bond donors (Lipinski definition) is 0. The van der Waals surface area contributed by atoms with Crippen LogP contribution in [0, 0.1) is 0 Å². The molecule has 160 valence electrons. The van der Waals surface area contributed by atoms with Crippen molar-refractivity contribution >= 4 is 27.7 Å². The highest BCUT2D eigenvalue weighted by molar-refractivity contribution is 7.89. The third-order valence-electron chi connectivity index (χ3n) is 4.35. The molecular formula is C20H27NO7S. The van der Waals surface area contributed by atoms with Crippen molar-refractivity contribution in [2.45, 2.75) is 63.5 Å². The van der Waals surface area contributed by atoms with E-state index < -0.39 is 40.2 Å². The Bertz CT molecular complexity index is 869. The van der Waals surface area contributed by atoms with E-state index >= 15 is 0 Å². The monoisotopic (exact) mass is 425 g/mol. The molecule has 0 amide bonds. The van der Waals surface area contributed by atoms with Crippen molar-refractivity contribution in [3.63, 3.8) is 0 Å². The molecule has 29 heavy (non-hydrogen) atoms. The zero-order chi connectivity index (χ0) is 21.8. The number of nitrogens with zero attached hydrogens (tertiary/aromatic N) is 1. The highest BCUT2D eigenvalue weighted by Gasteiger charge is 2.39. The summed E-state index contributed by atoms with van der Waals surface area (Å²) in [5.74, 6) is -1.65. The third-order valence-corrected chi connectivity index (χ3v) is 6.27. The highest BCUT2D eigenvalue weighted by Crippen LogP contribution is 2.26. The minimum Gasteiger partial charge on any atom is -0.457 e. The molecule has 1 aliphatic rings. The van der Waals surface area contributed by atoms with Gasteiger partial charge in [0.2, 0.25) is 10.0 Å². The minimum atomic E-state index is -3.96. The molecule has 0 spiro atoms. The molecule has 0 radical (unpaired) electrons. The van der Waals surface area contributed by atoms with Gasteiger partial charge in [0.15, 0.2) is 12.4 Å². The molecule has 1 atom stereocenters. The number of benzene rings is 1. The van der Waals surface area contributed by atoms with E-state index in [1.165, 1.54) is 31.2 Å². The predicted octanol–water partition coefficient (Wildman–Crippen LogP) is 2.32. The molecule has 1 fully saturated rings. The smallest absolute Gasteiger partial charge is 0.344 e. The average Bonchev–Trinajstić information content (AvgIpc) is 2.64. The molecule has 1 aliphatic heterocycles. The lowest BCUT2D eigenvalue weighted by atomic mass is 10.1. The molecule has 1 heterocycles. The maximum absolute atomic E-state index is 13.1. The first-order valence-electron chi connectivity index (χ1n) is 9.43. The van der Waals surface area contributed by atoms with Crippen LogP contribution in [0.2, 0.25) is 0 Å². The molecule has 0 aromatic heterocycles. The van der Waals surface area contributed by atoms with Gasteiger partial charge in [-0.25, -0.2) is 13.2 Å². The zero-order valence-corrected chi connectivity index (χ0v) is 18.0. The molecule has 2 rings (SSSR count). The van der Waals surface area contributed by atoms with Gasteiger partial charge in [0.1, 0.15) is 11.6 Å². The van der Waals surface area contributed by atoms with Crippen molar-refractivity contribution in [3.8, 4) is 0 Å². The normalized spacial score (nSPS) is 18.1. The van der Waals surface area contributed by atoms with E-state index in [0.29, 0.717) is 24.8 Å². The predicted molar refractivity (Wildman–Crippen MR) is 105 cm³/mol. The van der Waals surface area contributed by atoms with E-state index in [4.69, 9.17) is 9.47 Å². The number of ketones is 1. The third kappa shape index (κ3) is 6.11. The van der Waals surface area contributed by atoms with Crippen molar-refractivity contribution in [2.24, 2.45) is 0 Å². The van der Waals surface area contributed by atoms with Gasteiger partial charge in [0.05, 0.1) is 4.90 Å². The van der Waals surface area contributed by atoms with Crippen LogP contribution in [-0.2, 0) is 29.1 Å². The lowest BCUT2D eigenvalue weighted by Crippen LogP contribution is -2.48. The summed E-state index contributed by atoms with van der Waals surface area (Å²) < 4.78 is 37.3. The van der Waals surface area contributed by atoms with Gasteiger partial charge in [-0.15, -0.1) is 0 Å². The van der Waals surface area contributed by atoms with E-state index in [2.05, 4.69) is 0 Å². The fraction of sp³-hybridized carbons (Fsp3) is 0.550. The standard InChI is InChI=1S/C20H27NO7S/c1-14(22)15-8-10-16(11-9-15)29(25,26)21-12-6-5-7-17(21)19(24)27-13-18(23)28-20(2,3)4/h8-11,17H,5-7,12-13H2,1-4H3. The van der Waals surface area contributed by atoms with Gasteiger partial charge in [0, 0.05) is 12.1 Å². The van der Waals surface area contributed by atoms with Crippen molar-refractivity contribution in [3.05, 3.63) is 29.8 Å². The summed E-state index contributed by atoms with van der Waals surface area (Å²) >= 11 is 0. The summed E-state index contributed by atoms with van der Waals surface area (Å²) in [6.45, 7) is 6.07. The minimum absolute atomic E-state index is 0.00524. The molecular weight excluding hydrogens is 398 g/mol. The SMILES string of the molecule is CC(=O)c1ccc(S(=O)(=O)N2CCCCC2C(=O)OCC(=O)OC(C)(C)C)cc1. The van der Waals surface area contributed by atoms with E-state index in [9.17, 15) is 22.8 Å². The Morgan fingerprint density at radius 2 is 1.72 bits per heavy atom.